The number of nitrogens with one attached hydrogen (secondary N) is 2. The molecule has 5 heterocycles. The Morgan fingerprint density at radius 3 is 3.00 bits per heavy atom. The number of ether oxygens (including phenoxy) is 1. The van der Waals surface area contributed by atoms with Crippen molar-refractivity contribution >= 4 is 29.0 Å². The third-order valence-corrected chi connectivity index (χ3v) is 5.64. The summed E-state index contributed by atoms with van der Waals surface area (Å²) in [6.07, 6.45) is 4.20. The molecular formula is C20H25N9O2. The number of methoxy groups -OCH3 is 1. The summed E-state index contributed by atoms with van der Waals surface area (Å²) in [5.74, 6) is 1.98. The molecule has 11 heteroatoms. The van der Waals surface area contributed by atoms with Gasteiger partial charge in [-0.1, -0.05) is 0 Å². The Morgan fingerprint density at radius 2 is 2.19 bits per heavy atom. The minimum absolute atomic E-state index is 0.282. The molecule has 3 aromatic heterocycles. The summed E-state index contributed by atoms with van der Waals surface area (Å²) in [6, 6.07) is 2.19. The van der Waals surface area contributed by atoms with Gasteiger partial charge in [0, 0.05) is 49.7 Å². The minimum atomic E-state index is -0.284. The summed E-state index contributed by atoms with van der Waals surface area (Å²) < 4.78 is 6.87. The number of hydrogen-bond acceptors (Lipinski definition) is 8. The molecule has 5 rings (SSSR count). The van der Waals surface area contributed by atoms with Crippen LogP contribution in [0.5, 0.6) is 5.88 Å². The van der Waals surface area contributed by atoms with Gasteiger partial charge < -0.3 is 20.3 Å². The zero-order valence-electron chi connectivity index (χ0n) is 17.8. The first-order chi connectivity index (χ1) is 15.0. The van der Waals surface area contributed by atoms with E-state index in [0.29, 0.717) is 35.7 Å². The average molecular weight is 423 g/mol. The molecule has 0 bridgehead atoms. The van der Waals surface area contributed by atoms with Gasteiger partial charge in [0.2, 0.25) is 5.88 Å². The highest BCUT2D eigenvalue weighted by molar-refractivity contribution is 6.03. The van der Waals surface area contributed by atoms with E-state index in [9.17, 15) is 4.79 Å². The van der Waals surface area contributed by atoms with Gasteiger partial charge in [-0.05, 0) is 26.3 Å². The molecule has 11 nitrogen and oxygen atoms in total. The van der Waals surface area contributed by atoms with E-state index < -0.39 is 0 Å². The molecule has 31 heavy (non-hydrogen) atoms. The van der Waals surface area contributed by atoms with Crippen LogP contribution in [-0.4, -0.2) is 69.9 Å². The maximum Gasteiger partial charge on any atom is 0.327 e. The van der Waals surface area contributed by atoms with Crippen LogP contribution in [0.4, 0.5) is 22.0 Å². The largest absolute Gasteiger partial charge is 0.479 e. The van der Waals surface area contributed by atoms with Crippen LogP contribution in [0.15, 0.2) is 18.5 Å². The monoisotopic (exact) mass is 423 g/mol. The number of rotatable bonds is 3. The van der Waals surface area contributed by atoms with E-state index in [-0.39, 0.29) is 11.9 Å². The van der Waals surface area contributed by atoms with Gasteiger partial charge in [0.25, 0.3) is 5.78 Å². The normalized spacial score (nSPS) is 18.4. The van der Waals surface area contributed by atoms with Gasteiger partial charge >= 0.3 is 6.03 Å². The van der Waals surface area contributed by atoms with Gasteiger partial charge in [-0.3, -0.25) is 4.90 Å². The molecule has 2 N–H and O–H groups in total. The Labute approximate surface area is 179 Å². The fourth-order valence-electron chi connectivity index (χ4n) is 4.25. The van der Waals surface area contributed by atoms with Gasteiger partial charge in [-0.2, -0.15) is 15.1 Å². The van der Waals surface area contributed by atoms with Crippen molar-refractivity contribution < 1.29 is 9.53 Å². The van der Waals surface area contributed by atoms with Gasteiger partial charge in [0.1, 0.15) is 17.3 Å². The van der Waals surface area contributed by atoms with Crippen molar-refractivity contribution in [3.8, 4) is 5.88 Å². The molecule has 0 saturated carbocycles. The second-order valence-corrected chi connectivity index (χ2v) is 7.83. The number of fused-ring (bicyclic) bond motifs is 2. The van der Waals surface area contributed by atoms with Crippen LogP contribution in [0.25, 0.3) is 5.78 Å². The highest BCUT2D eigenvalue weighted by Crippen LogP contribution is 2.35. The fraction of sp³-hybridized carbons (Fsp3) is 0.450. The van der Waals surface area contributed by atoms with Gasteiger partial charge in [-0.15, -0.1) is 0 Å². The predicted molar refractivity (Wildman–Crippen MR) is 116 cm³/mol. The molecule has 2 amide bonds. The molecule has 162 valence electrons. The summed E-state index contributed by atoms with van der Waals surface area (Å²) in [5.41, 5.74) is 2.69. The van der Waals surface area contributed by atoms with E-state index in [1.165, 1.54) is 11.6 Å². The molecule has 1 saturated heterocycles. The smallest absolute Gasteiger partial charge is 0.327 e. The number of urea groups is 1. The molecule has 0 aromatic carbocycles. The maximum absolute atomic E-state index is 13.1. The number of hydrogen-bond donors (Lipinski definition) is 2. The number of aromatic nitrogens is 5. The van der Waals surface area contributed by atoms with Gasteiger partial charge in [-0.25, -0.2) is 14.3 Å². The van der Waals surface area contributed by atoms with E-state index in [4.69, 9.17) is 4.74 Å². The van der Waals surface area contributed by atoms with E-state index in [1.807, 2.05) is 6.07 Å². The van der Waals surface area contributed by atoms with Crippen LogP contribution in [-0.2, 0) is 6.42 Å². The number of carbonyl (C=O) groups excluding carboxylic acids is 1. The number of carbonyl (C=O) groups is 1. The summed E-state index contributed by atoms with van der Waals surface area (Å²) in [6.45, 7) is 7.34. The minimum Gasteiger partial charge on any atom is -0.479 e. The van der Waals surface area contributed by atoms with Crippen LogP contribution in [0.3, 0.4) is 0 Å². The number of nitrogens with zero attached hydrogens (tertiary/aromatic N) is 7. The van der Waals surface area contributed by atoms with Crippen molar-refractivity contribution in [3.63, 3.8) is 0 Å². The Balaban J connectivity index is 1.41. The lowest BCUT2D eigenvalue weighted by Crippen LogP contribution is -2.49. The van der Waals surface area contributed by atoms with Crippen molar-refractivity contribution in [2.45, 2.75) is 26.3 Å². The first-order valence-electron chi connectivity index (χ1n) is 10.4. The maximum atomic E-state index is 13.1. The molecule has 1 fully saturated rings. The third-order valence-electron chi connectivity index (χ3n) is 5.64. The number of amides is 2. The Hall–Kier alpha value is -3.47. The summed E-state index contributed by atoms with van der Waals surface area (Å²) in [7, 11) is 1.51. The lowest BCUT2D eigenvalue weighted by Gasteiger charge is -2.34. The van der Waals surface area contributed by atoms with Crippen LogP contribution < -0.4 is 25.2 Å². The highest BCUT2D eigenvalue weighted by atomic mass is 16.5. The van der Waals surface area contributed by atoms with Gasteiger partial charge in [0.05, 0.1) is 13.3 Å². The molecule has 0 unspecified atom stereocenters. The summed E-state index contributed by atoms with van der Waals surface area (Å²) >= 11 is 0. The number of aryl methyl sites for hydroxylation is 1. The van der Waals surface area contributed by atoms with Crippen molar-refractivity contribution in [2.75, 3.05) is 48.4 Å². The number of pyridine rings is 1. The van der Waals surface area contributed by atoms with Crippen LogP contribution >= 0.6 is 0 Å². The zero-order valence-corrected chi connectivity index (χ0v) is 17.8. The van der Waals surface area contributed by atoms with Crippen molar-refractivity contribution in [3.05, 3.63) is 29.8 Å². The van der Waals surface area contributed by atoms with E-state index in [0.717, 1.165) is 37.3 Å². The van der Waals surface area contributed by atoms with Crippen LogP contribution in [0.1, 0.15) is 18.3 Å². The highest BCUT2D eigenvalue weighted by Gasteiger charge is 2.31. The molecule has 3 aromatic rings. The molecule has 0 aliphatic carbocycles. The number of piperazine rings is 1. The number of anilines is 3. The third kappa shape index (κ3) is 3.50. The zero-order chi connectivity index (χ0) is 21.5. The van der Waals surface area contributed by atoms with Crippen LogP contribution in [0.2, 0.25) is 0 Å². The molecular weight excluding hydrogens is 398 g/mol. The Bertz CT molecular complexity index is 1150. The molecule has 0 radical (unpaired) electrons. The van der Waals surface area contributed by atoms with E-state index in [1.54, 1.807) is 24.2 Å². The van der Waals surface area contributed by atoms with Crippen molar-refractivity contribution in [2.24, 2.45) is 0 Å². The topological polar surface area (TPSA) is 113 Å². The molecule has 2 aliphatic heterocycles. The van der Waals surface area contributed by atoms with Crippen molar-refractivity contribution in [1.82, 2.24) is 29.9 Å². The van der Waals surface area contributed by atoms with E-state index in [2.05, 4.69) is 42.5 Å². The Morgan fingerprint density at radius 1 is 1.32 bits per heavy atom. The standard InChI is InChI=1S/C20H25N9O2/c1-12-10-27(9-7-21-12)16-4-6-22-17-14(16)5-8-28(17)20(30)24-15-11-29-19(23-13(2)26-29)25-18(15)31-3/h4,6,11-12,21H,5,7-10H2,1-3H3,(H,24,30)/t12-/m1/s1. The molecule has 1 atom stereocenters. The lowest BCUT2D eigenvalue weighted by atomic mass is 10.1. The average Bonchev–Trinajstić information content (AvgIpc) is 3.35. The second-order valence-electron chi connectivity index (χ2n) is 7.83. The quantitative estimate of drug-likeness (QED) is 0.647. The lowest BCUT2D eigenvalue weighted by molar-refractivity contribution is 0.257. The second kappa shape index (κ2) is 7.65. The first-order valence-corrected chi connectivity index (χ1v) is 10.4. The summed E-state index contributed by atoms with van der Waals surface area (Å²) in [5, 5.41) is 10.6. The van der Waals surface area contributed by atoms with Crippen molar-refractivity contribution in [1.29, 1.82) is 0 Å². The van der Waals surface area contributed by atoms with Crippen LogP contribution in [0, 0.1) is 6.92 Å². The first kappa shape index (κ1) is 19.5. The summed E-state index contributed by atoms with van der Waals surface area (Å²) in [4.78, 5) is 30.3. The predicted octanol–water partition coefficient (Wildman–Crippen LogP) is 1.23. The molecule has 0 spiro atoms. The van der Waals surface area contributed by atoms with Gasteiger partial charge in [0.15, 0.2) is 0 Å². The van der Waals surface area contributed by atoms with E-state index >= 15 is 0 Å². The molecule has 2 aliphatic rings. The SMILES string of the molecule is COc1nc2nc(C)nn2cc1NC(=O)N1CCc2c(N3CCN[C@H](C)C3)ccnc21. The fourth-order valence-corrected chi connectivity index (χ4v) is 4.25. The Kier molecular flexibility index (Phi) is 4.81.